The molecule has 1 aromatic heterocycles. The van der Waals surface area contributed by atoms with Crippen molar-refractivity contribution in [3.63, 3.8) is 0 Å². The van der Waals surface area contributed by atoms with Gasteiger partial charge in [-0.25, -0.2) is 15.0 Å². The fourth-order valence-corrected chi connectivity index (χ4v) is 8.52. The zero-order valence-electron chi connectivity index (χ0n) is 33.0. The van der Waals surface area contributed by atoms with E-state index in [1.807, 2.05) is 60.7 Å². The van der Waals surface area contributed by atoms with Crippen LogP contribution in [0.5, 0.6) is 5.75 Å². The molecule has 0 bridgehead atoms. The van der Waals surface area contributed by atoms with Gasteiger partial charge in [0.1, 0.15) is 5.75 Å². The first kappa shape index (κ1) is 35.9. The second kappa shape index (κ2) is 15.5. The molecule has 0 spiro atoms. The van der Waals surface area contributed by atoms with Gasteiger partial charge in [0.2, 0.25) is 0 Å². The molecule has 8 aromatic carbocycles. The maximum atomic E-state index is 5.96. The molecule has 282 valence electrons. The Bertz CT molecular complexity index is 3030. The van der Waals surface area contributed by atoms with E-state index in [0.29, 0.717) is 17.5 Å². The molecule has 1 aliphatic carbocycles. The number of hydrogen-bond donors (Lipinski definition) is 0. The van der Waals surface area contributed by atoms with E-state index in [4.69, 9.17) is 19.7 Å². The molecule has 0 fully saturated rings. The van der Waals surface area contributed by atoms with Gasteiger partial charge in [-0.3, -0.25) is 0 Å². The maximum absolute atomic E-state index is 5.96. The molecule has 1 unspecified atom stereocenters. The van der Waals surface area contributed by atoms with Crippen LogP contribution in [0.1, 0.15) is 24.7 Å². The van der Waals surface area contributed by atoms with Gasteiger partial charge in [-0.2, -0.15) is 0 Å². The molecule has 1 heterocycles. The van der Waals surface area contributed by atoms with E-state index < -0.39 is 0 Å². The molecule has 10 rings (SSSR count). The average molecular weight is 760 g/mol. The molecule has 4 heteroatoms. The zero-order valence-corrected chi connectivity index (χ0v) is 33.0. The van der Waals surface area contributed by atoms with Gasteiger partial charge in [0.05, 0.1) is 7.11 Å². The summed E-state index contributed by atoms with van der Waals surface area (Å²) < 4.78 is 5.96. The molecular weight excluding hydrogens is 719 g/mol. The summed E-state index contributed by atoms with van der Waals surface area (Å²) in [6, 6.07) is 59.9. The van der Waals surface area contributed by atoms with Crippen LogP contribution in [0.2, 0.25) is 0 Å². The first-order valence-corrected chi connectivity index (χ1v) is 20.2. The van der Waals surface area contributed by atoms with E-state index in [9.17, 15) is 0 Å². The third kappa shape index (κ3) is 6.89. The molecular formula is C55H41N3O. The minimum atomic E-state index is 0.201. The Hall–Kier alpha value is -7.43. The fourth-order valence-electron chi connectivity index (χ4n) is 8.52. The van der Waals surface area contributed by atoms with Crippen molar-refractivity contribution in [2.24, 2.45) is 5.92 Å². The number of benzene rings is 8. The highest BCUT2D eigenvalue weighted by molar-refractivity contribution is 6.25. The Morgan fingerprint density at radius 2 is 1.00 bits per heavy atom. The molecule has 0 N–H and O–H groups in total. The number of aromatic nitrogens is 3. The van der Waals surface area contributed by atoms with Crippen LogP contribution in [-0.4, -0.2) is 22.1 Å². The van der Waals surface area contributed by atoms with Crippen molar-refractivity contribution in [1.29, 1.82) is 0 Å². The third-order valence-corrected chi connectivity index (χ3v) is 11.5. The quantitative estimate of drug-likeness (QED) is 0.145. The Morgan fingerprint density at radius 1 is 0.508 bits per heavy atom. The van der Waals surface area contributed by atoms with Crippen molar-refractivity contribution in [2.75, 3.05) is 7.11 Å². The number of methoxy groups -OCH3 is 1. The van der Waals surface area contributed by atoms with Crippen LogP contribution >= 0.6 is 0 Å². The third-order valence-electron chi connectivity index (χ3n) is 11.5. The summed E-state index contributed by atoms with van der Waals surface area (Å²) in [5.41, 5.74) is 9.88. The smallest absolute Gasteiger partial charge is 0.164 e. The first-order valence-electron chi connectivity index (χ1n) is 20.2. The van der Waals surface area contributed by atoms with E-state index in [2.05, 4.69) is 140 Å². The van der Waals surface area contributed by atoms with Gasteiger partial charge in [-0.1, -0.05) is 176 Å². The van der Waals surface area contributed by atoms with Crippen LogP contribution in [0.3, 0.4) is 0 Å². The monoisotopic (exact) mass is 759 g/mol. The van der Waals surface area contributed by atoms with E-state index in [-0.39, 0.29) is 5.92 Å². The Labute approximate surface area is 344 Å². The van der Waals surface area contributed by atoms with Gasteiger partial charge in [-0.15, -0.1) is 0 Å². The van der Waals surface area contributed by atoms with E-state index in [1.54, 1.807) is 7.11 Å². The highest BCUT2D eigenvalue weighted by Gasteiger charge is 2.18. The lowest BCUT2D eigenvalue weighted by atomic mass is 9.88. The van der Waals surface area contributed by atoms with Crippen molar-refractivity contribution in [3.05, 3.63) is 206 Å². The summed E-state index contributed by atoms with van der Waals surface area (Å²) in [6.07, 6.45) is 9.82. The van der Waals surface area contributed by atoms with Crippen LogP contribution in [0.15, 0.2) is 194 Å². The lowest BCUT2D eigenvalue weighted by Crippen LogP contribution is -2.04. The standard InChI is InChI=1S/C55H41N3O/c1-36(33-37-25-27-40(28-26-37)55-57-53(38-15-5-3-6-16-38)56-54(58-55)39-17-7-4-8-18-39)50-34-42(30-32-52(50)59-2)44-20-10-9-19-43(44)41-29-31-49-47-23-12-11-21-45(47)46-22-13-14-24-48(46)51(49)35-41/h3-25,27-35,37H,26H2,1-2H3/b36-33-. The molecule has 1 aliphatic rings. The molecule has 0 aliphatic heterocycles. The van der Waals surface area contributed by atoms with Gasteiger partial charge in [0.25, 0.3) is 0 Å². The second-order valence-corrected chi connectivity index (χ2v) is 15.1. The Morgan fingerprint density at radius 3 is 1.56 bits per heavy atom. The first-order chi connectivity index (χ1) is 29.1. The Kier molecular flexibility index (Phi) is 9.44. The van der Waals surface area contributed by atoms with Crippen LogP contribution in [0, 0.1) is 5.92 Å². The summed E-state index contributed by atoms with van der Waals surface area (Å²) >= 11 is 0. The van der Waals surface area contributed by atoms with Gasteiger partial charge in [0, 0.05) is 22.3 Å². The van der Waals surface area contributed by atoms with E-state index >= 15 is 0 Å². The summed E-state index contributed by atoms with van der Waals surface area (Å²) in [6.45, 7) is 2.18. The van der Waals surface area contributed by atoms with Crippen LogP contribution < -0.4 is 4.74 Å². The SMILES string of the molecule is COc1ccc(-c2ccccc2-c2ccc3c4ccccc4c4ccccc4c3c2)cc1/C(C)=C\C1C=CC(c2nc(-c3ccccc3)nc(-c3ccccc3)n2)=CC1. The minimum Gasteiger partial charge on any atom is -0.496 e. The lowest BCUT2D eigenvalue weighted by molar-refractivity contribution is 0.413. The molecule has 0 saturated heterocycles. The molecule has 9 aromatic rings. The number of hydrogen-bond acceptors (Lipinski definition) is 4. The van der Waals surface area contributed by atoms with Crippen LogP contribution in [0.4, 0.5) is 0 Å². The van der Waals surface area contributed by atoms with Gasteiger partial charge >= 0.3 is 0 Å². The topological polar surface area (TPSA) is 47.9 Å². The van der Waals surface area contributed by atoms with Gasteiger partial charge < -0.3 is 4.74 Å². The summed E-state index contributed by atoms with van der Waals surface area (Å²) in [4.78, 5) is 14.7. The van der Waals surface area contributed by atoms with E-state index in [1.165, 1.54) is 49.0 Å². The highest BCUT2D eigenvalue weighted by Crippen LogP contribution is 2.41. The lowest BCUT2D eigenvalue weighted by Gasteiger charge is -2.17. The number of allylic oxidation sites excluding steroid dienone is 6. The number of nitrogens with zero attached hydrogens (tertiary/aromatic N) is 3. The molecule has 0 amide bonds. The summed E-state index contributed by atoms with van der Waals surface area (Å²) in [5, 5.41) is 7.66. The van der Waals surface area contributed by atoms with Crippen molar-refractivity contribution in [1.82, 2.24) is 15.0 Å². The van der Waals surface area contributed by atoms with Gasteiger partial charge in [0.15, 0.2) is 17.5 Å². The molecule has 1 atom stereocenters. The number of rotatable bonds is 8. The molecule has 0 saturated carbocycles. The fraction of sp³-hybridized carbons (Fsp3) is 0.0727. The second-order valence-electron chi connectivity index (χ2n) is 15.1. The van der Waals surface area contributed by atoms with Crippen molar-refractivity contribution < 1.29 is 4.74 Å². The van der Waals surface area contributed by atoms with Crippen LogP contribution in [0.25, 0.3) is 88.5 Å². The summed E-state index contributed by atoms with van der Waals surface area (Å²) in [7, 11) is 1.75. The predicted molar refractivity (Wildman–Crippen MR) is 246 cm³/mol. The number of ether oxygens (including phenoxy) is 1. The normalized spacial score (nSPS) is 14.2. The van der Waals surface area contributed by atoms with Gasteiger partial charge in [-0.05, 0) is 97.6 Å². The van der Waals surface area contributed by atoms with Crippen LogP contribution in [-0.2, 0) is 0 Å². The van der Waals surface area contributed by atoms with Crippen molar-refractivity contribution in [3.8, 4) is 50.8 Å². The predicted octanol–water partition coefficient (Wildman–Crippen LogP) is 14.1. The van der Waals surface area contributed by atoms with E-state index in [0.717, 1.165) is 45.6 Å². The van der Waals surface area contributed by atoms with Crippen molar-refractivity contribution in [2.45, 2.75) is 13.3 Å². The highest BCUT2D eigenvalue weighted by atomic mass is 16.5. The van der Waals surface area contributed by atoms with Crippen molar-refractivity contribution >= 4 is 43.5 Å². The number of fused-ring (bicyclic) bond motifs is 6. The minimum absolute atomic E-state index is 0.201. The molecule has 4 nitrogen and oxygen atoms in total. The summed E-state index contributed by atoms with van der Waals surface area (Å²) in [5.74, 6) is 3.06. The maximum Gasteiger partial charge on any atom is 0.164 e. The zero-order chi connectivity index (χ0) is 39.7. The molecule has 59 heavy (non-hydrogen) atoms. The average Bonchev–Trinajstić information content (AvgIpc) is 3.32. The molecule has 0 radical (unpaired) electrons. The largest absolute Gasteiger partial charge is 0.496 e. The Balaban J connectivity index is 0.970.